The highest BCUT2D eigenvalue weighted by atomic mass is 14.7. The Labute approximate surface area is 107 Å². The standard InChI is InChI=1S/C17H15N/c1-2-13-6-5-8-15(12-13)17-11-10-14-7-3-4-9-16(14)18-17/h3-12H,2H2,1H3. The third-order valence-electron chi connectivity index (χ3n) is 3.23. The molecule has 0 radical (unpaired) electrons. The first kappa shape index (κ1) is 11.0. The van der Waals surface area contributed by atoms with E-state index >= 15 is 0 Å². The first-order valence-corrected chi connectivity index (χ1v) is 6.32. The summed E-state index contributed by atoms with van der Waals surface area (Å²) < 4.78 is 0. The summed E-state index contributed by atoms with van der Waals surface area (Å²) in [6.07, 6.45) is 1.06. The van der Waals surface area contributed by atoms with Crippen molar-refractivity contribution in [3.63, 3.8) is 0 Å². The van der Waals surface area contributed by atoms with Crippen molar-refractivity contribution in [2.45, 2.75) is 13.3 Å². The van der Waals surface area contributed by atoms with Gasteiger partial charge in [-0.15, -0.1) is 0 Å². The number of hydrogen-bond donors (Lipinski definition) is 0. The summed E-state index contributed by atoms with van der Waals surface area (Å²) in [5, 5.41) is 1.19. The lowest BCUT2D eigenvalue weighted by Gasteiger charge is -2.05. The summed E-state index contributed by atoms with van der Waals surface area (Å²) >= 11 is 0. The zero-order valence-corrected chi connectivity index (χ0v) is 10.4. The van der Waals surface area contributed by atoms with Crippen LogP contribution in [0.2, 0.25) is 0 Å². The molecule has 1 nitrogen and oxygen atoms in total. The van der Waals surface area contributed by atoms with Gasteiger partial charge in [0.1, 0.15) is 0 Å². The topological polar surface area (TPSA) is 12.9 Å². The summed E-state index contributed by atoms with van der Waals surface area (Å²) in [7, 11) is 0. The van der Waals surface area contributed by atoms with E-state index in [9.17, 15) is 0 Å². The maximum Gasteiger partial charge on any atom is 0.0709 e. The molecule has 2 aromatic carbocycles. The van der Waals surface area contributed by atoms with Crippen LogP contribution in [0, 0.1) is 0 Å². The average Bonchev–Trinajstić information content (AvgIpc) is 2.47. The molecule has 0 spiro atoms. The highest BCUT2D eigenvalue weighted by molar-refractivity contribution is 5.81. The van der Waals surface area contributed by atoms with Gasteiger partial charge in [0.25, 0.3) is 0 Å². The minimum atomic E-state index is 1.05. The van der Waals surface area contributed by atoms with Crippen molar-refractivity contribution < 1.29 is 0 Å². The first-order valence-electron chi connectivity index (χ1n) is 6.32. The SMILES string of the molecule is CCc1cccc(-c2ccc3ccccc3n2)c1. The van der Waals surface area contributed by atoms with Crippen molar-refractivity contribution in [2.24, 2.45) is 0 Å². The van der Waals surface area contributed by atoms with Gasteiger partial charge in [0, 0.05) is 10.9 Å². The molecule has 88 valence electrons. The molecule has 3 rings (SSSR count). The lowest BCUT2D eigenvalue weighted by Crippen LogP contribution is -1.87. The lowest BCUT2D eigenvalue weighted by molar-refractivity contribution is 1.14. The van der Waals surface area contributed by atoms with Crippen molar-refractivity contribution in [1.82, 2.24) is 4.98 Å². The van der Waals surface area contributed by atoms with Crippen LogP contribution in [-0.4, -0.2) is 4.98 Å². The molecule has 3 aromatic rings. The number of nitrogens with zero attached hydrogens (tertiary/aromatic N) is 1. The predicted octanol–water partition coefficient (Wildman–Crippen LogP) is 4.46. The Kier molecular flexibility index (Phi) is 2.81. The van der Waals surface area contributed by atoms with Crippen LogP contribution in [0.4, 0.5) is 0 Å². The number of benzene rings is 2. The highest BCUT2D eigenvalue weighted by Gasteiger charge is 2.01. The van der Waals surface area contributed by atoms with E-state index in [0.29, 0.717) is 0 Å². The molecule has 0 fully saturated rings. The van der Waals surface area contributed by atoms with Gasteiger partial charge < -0.3 is 0 Å². The number of pyridine rings is 1. The van der Waals surface area contributed by atoms with Crippen LogP contribution in [0.25, 0.3) is 22.2 Å². The first-order chi connectivity index (χ1) is 8.86. The second-order valence-corrected chi connectivity index (χ2v) is 4.44. The second-order valence-electron chi connectivity index (χ2n) is 4.44. The zero-order chi connectivity index (χ0) is 12.4. The van der Waals surface area contributed by atoms with Gasteiger partial charge in [0.2, 0.25) is 0 Å². The molecule has 18 heavy (non-hydrogen) atoms. The maximum absolute atomic E-state index is 4.72. The van der Waals surface area contributed by atoms with Gasteiger partial charge in [-0.1, -0.05) is 49.4 Å². The predicted molar refractivity (Wildman–Crippen MR) is 76.6 cm³/mol. The Bertz CT molecular complexity index is 686. The van der Waals surface area contributed by atoms with E-state index in [2.05, 4.69) is 55.5 Å². The quantitative estimate of drug-likeness (QED) is 0.636. The lowest BCUT2D eigenvalue weighted by atomic mass is 10.1. The van der Waals surface area contributed by atoms with Crippen LogP contribution >= 0.6 is 0 Å². The van der Waals surface area contributed by atoms with Crippen LogP contribution in [0.3, 0.4) is 0 Å². The van der Waals surface area contributed by atoms with E-state index in [1.54, 1.807) is 0 Å². The molecule has 0 aliphatic heterocycles. The zero-order valence-electron chi connectivity index (χ0n) is 10.4. The van der Waals surface area contributed by atoms with Gasteiger partial charge in [-0.05, 0) is 30.2 Å². The van der Waals surface area contributed by atoms with Gasteiger partial charge in [-0.3, -0.25) is 0 Å². The highest BCUT2D eigenvalue weighted by Crippen LogP contribution is 2.21. The van der Waals surface area contributed by atoms with Gasteiger partial charge in [-0.25, -0.2) is 4.98 Å². The average molecular weight is 233 g/mol. The molecule has 1 heteroatoms. The van der Waals surface area contributed by atoms with Crippen LogP contribution < -0.4 is 0 Å². The minimum Gasteiger partial charge on any atom is -0.248 e. The van der Waals surface area contributed by atoms with Crippen LogP contribution in [0.5, 0.6) is 0 Å². The Morgan fingerprint density at radius 3 is 2.67 bits per heavy atom. The smallest absolute Gasteiger partial charge is 0.0709 e. The minimum absolute atomic E-state index is 1.05. The van der Waals surface area contributed by atoms with Gasteiger partial charge >= 0.3 is 0 Å². The molecule has 0 aliphatic rings. The number of hydrogen-bond acceptors (Lipinski definition) is 1. The third kappa shape index (κ3) is 2.00. The summed E-state index contributed by atoms with van der Waals surface area (Å²) in [4.78, 5) is 4.72. The van der Waals surface area contributed by atoms with Crippen LogP contribution in [0.15, 0.2) is 60.7 Å². The van der Waals surface area contributed by atoms with Crippen molar-refractivity contribution >= 4 is 10.9 Å². The molecular formula is C17H15N. The fourth-order valence-electron chi connectivity index (χ4n) is 2.18. The van der Waals surface area contributed by atoms with Gasteiger partial charge in [0.15, 0.2) is 0 Å². The van der Waals surface area contributed by atoms with E-state index in [1.807, 2.05) is 12.1 Å². The summed E-state index contributed by atoms with van der Waals surface area (Å²) in [6, 6.07) is 21.1. The molecule has 0 unspecified atom stereocenters. The van der Waals surface area contributed by atoms with E-state index in [0.717, 1.165) is 17.6 Å². The van der Waals surface area contributed by atoms with Crippen molar-refractivity contribution in [2.75, 3.05) is 0 Å². The maximum atomic E-state index is 4.72. The Morgan fingerprint density at radius 2 is 1.78 bits per heavy atom. The van der Waals surface area contributed by atoms with Gasteiger partial charge in [0.05, 0.1) is 11.2 Å². The second kappa shape index (κ2) is 4.61. The molecule has 1 heterocycles. The van der Waals surface area contributed by atoms with E-state index in [1.165, 1.54) is 16.5 Å². The van der Waals surface area contributed by atoms with Crippen LogP contribution in [-0.2, 0) is 6.42 Å². The summed E-state index contributed by atoms with van der Waals surface area (Å²) in [5.41, 5.74) is 4.64. The molecule has 0 N–H and O–H groups in total. The molecule has 0 atom stereocenters. The molecule has 0 saturated heterocycles. The molecular weight excluding hydrogens is 218 g/mol. The number of aryl methyl sites for hydroxylation is 1. The number of aromatic nitrogens is 1. The molecule has 1 aromatic heterocycles. The van der Waals surface area contributed by atoms with E-state index < -0.39 is 0 Å². The number of para-hydroxylation sites is 1. The Morgan fingerprint density at radius 1 is 0.889 bits per heavy atom. The number of rotatable bonds is 2. The Balaban J connectivity index is 2.13. The monoisotopic (exact) mass is 233 g/mol. The van der Waals surface area contributed by atoms with E-state index in [4.69, 9.17) is 4.98 Å². The summed E-state index contributed by atoms with van der Waals surface area (Å²) in [5.74, 6) is 0. The third-order valence-corrected chi connectivity index (χ3v) is 3.23. The normalized spacial score (nSPS) is 10.7. The Hall–Kier alpha value is -2.15. The van der Waals surface area contributed by atoms with E-state index in [-0.39, 0.29) is 0 Å². The molecule has 0 aliphatic carbocycles. The van der Waals surface area contributed by atoms with Crippen molar-refractivity contribution in [3.05, 3.63) is 66.2 Å². The van der Waals surface area contributed by atoms with Gasteiger partial charge in [-0.2, -0.15) is 0 Å². The molecule has 0 bridgehead atoms. The largest absolute Gasteiger partial charge is 0.248 e. The summed E-state index contributed by atoms with van der Waals surface area (Å²) in [6.45, 7) is 2.17. The molecule has 0 amide bonds. The van der Waals surface area contributed by atoms with Crippen molar-refractivity contribution in [1.29, 1.82) is 0 Å². The van der Waals surface area contributed by atoms with Crippen LogP contribution in [0.1, 0.15) is 12.5 Å². The number of fused-ring (bicyclic) bond motifs is 1. The fraction of sp³-hybridized carbons (Fsp3) is 0.118. The molecule has 0 saturated carbocycles. The van der Waals surface area contributed by atoms with Crippen molar-refractivity contribution in [3.8, 4) is 11.3 Å². The fourth-order valence-corrected chi connectivity index (χ4v) is 2.18.